The second-order valence-corrected chi connectivity index (χ2v) is 4.98. The monoisotopic (exact) mass is 232 g/mol. The normalized spacial score (nSPS) is 25.1. The molecule has 3 heteroatoms. The molecule has 0 aliphatic carbocycles. The van der Waals surface area contributed by atoms with Crippen molar-refractivity contribution in [1.82, 2.24) is 10.2 Å². The zero-order chi connectivity index (χ0) is 11.5. The number of benzene rings is 1. The van der Waals surface area contributed by atoms with E-state index in [-0.39, 0.29) is 0 Å². The van der Waals surface area contributed by atoms with Crippen LogP contribution in [0.25, 0.3) is 0 Å². The van der Waals surface area contributed by atoms with Gasteiger partial charge in [0.05, 0.1) is 0 Å². The molecule has 0 bridgehead atoms. The molecule has 0 amide bonds. The fourth-order valence-corrected chi connectivity index (χ4v) is 2.76. The van der Waals surface area contributed by atoms with Gasteiger partial charge in [-0.05, 0) is 25.5 Å². The zero-order valence-corrected chi connectivity index (χ0v) is 10.2. The molecule has 0 aromatic heterocycles. The fraction of sp³-hybridized carbons (Fsp3) is 0.571. The average Bonchev–Trinajstić information content (AvgIpc) is 2.76. The Morgan fingerprint density at radius 1 is 1.35 bits per heavy atom. The van der Waals surface area contributed by atoms with Crippen molar-refractivity contribution >= 4 is 0 Å². The minimum atomic E-state index is 0.681. The maximum atomic E-state index is 5.78. The third kappa shape index (κ3) is 2.61. The Hall–Kier alpha value is -1.06. The Kier molecular flexibility index (Phi) is 3.29. The summed E-state index contributed by atoms with van der Waals surface area (Å²) < 4.78 is 5.78. The average molecular weight is 232 g/mol. The third-order valence-corrected chi connectivity index (χ3v) is 3.67. The summed E-state index contributed by atoms with van der Waals surface area (Å²) in [4.78, 5) is 2.51. The lowest BCUT2D eigenvalue weighted by Crippen LogP contribution is -2.38. The van der Waals surface area contributed by atoms with Crippen LogP contribution in [0.1, 0.15) is 18.4 Å². The van der Waals surface area contributed by atoms with Crippen LogP contribution < -0.4 is 10.1 Å². The molecule has 2 aliphatic rings. The second-order valence-electron chi connectivity index (χ2n) is 4.98. The SMILES string of the molecule is c1ccc2c(c1)CN(C[C@H]1CCCN1)CCO2. The molecule has 0 radical (unpaired) electrons. The largest absolute Gasteiger partial charge is 0.492 e. The van der Waals surface area contributed by atoms with Crippen LogP contribution in [-0.4, -0.2) is 37.2 Å². The smallest absolute Gasteiger partial charge is 0.123 e. The topological polar surface area (TPSA) is 24.5 Å². The number of hydrogen-bond donors (Lipinski definition) is 1. The highest BCUT2D eigenvalue weighted by Gasteiger charge is 2.20. The van der Waals surface area contributed by atoms with Crippen molar-refractivity contribution in [2.75, 3.05) is 26.2 Å². The highest BCUT2D eigenvalue weighted by Crippen LogP contribution is 2.22. The number of nitrogens with one attached hydrogen (secondary N) is 1. The van der Waals surface area contributed by atoms with Crippen LogP contribution >= 0.6 is 0 Å². The van der Waals surface area contributed by atoms with Gasteiger partial charge in [0, 0.05) is 31.2 Å². The van der Waals surface area contributed by atoms with Crippen molar-refractivity contribution in [2.24, 2.45) is 0 Å². The summed E-state index contributed by atoms with van der Waals surface area (Å²) in [6.45, 7) is 5.20. The predicted octanol–water partition coefficient (Wildman–Crippen LogP) is 1.63. The first-order valence-electron chi connectivity index (χ1n) is 6.58. The van der Waals surface area contributed by atoms with Crippen LogP contribution in [0.3, 0.4) is 0 Å². The Morgan fingerprint density at radius 3 is 3.18 bits per heavy atom. The first-order valence-corrected chi connectivity index (χ1v) is 6.58. The van der Waals surface area contributed by atoms with Gasteiger partial charge in [0.15, 0.2) is 0 Å². The molecule has 1 atom stereocenters. The van der Waals surface area contributed by atoms with E-state index in [4.69, 9.17) is 4.74 Å². The quantitative estimate of drug-likeness (QED) is 0.839. The molecule has 1 aromatic rings. The van der Waals surface area contributed by atoms with Crippen molar-refractivity contribution < 1.29 is 4.74 Å². The number of rotatable bonds is 2. The van der Waals surface area contributed by atoms with Crippen molar-refractivity contribution in [3.05, 3.63) is 29.8 Å². The number of hydrogen-bond acceptors (Lipinski definition) is 3. The summed E-state index contributed by atoms with van der Waals surface area (Å²) in [5.41, 5.74) is 1.32. The first kappa shape index (κ1) is 11.1. The Morgan fingerprint density at radius 2 is 2.29 bits per heavy atom. The van der Waals surface area contributed by atoms with Gasteiger partial charge in [0.1, 0.15) is 12.4 Å². The van der Waals surface area contributed by atoms with Crippen molar-refractivity contribution in [3.63, 3.8) is 0 Å². The molecule has 0 spiro atoms. The molecule has 1 saturated heterocycles. The van der Waals surface area contributed by atoms with Gasteiger partial charge < -0.3 is 10.1 Å². The molecule has 17 heavy (non-hydrogen) atoms. The molecular weight excluding hydrogens is 212 g/mol. The van der Waals surface area contributed by atoms with E-state index in [0.29, 0.717) is 6.04 Å². The summed E-state index contributed by atoms with van der Waals surface area (Å²) in [5, 5.41) is 3.57. The standard InChI is InChI=1S/C14H20N2O/c1-2-6-14-12(4-1)10-16(8-9-17-14)11-13-5-3-7-15-13/h1-2,4,6,13,15H,3,5,7-11H2/t13-/m1/s1. The van der Waals surface area contributed by atoms with Gasteiger partial charge >= 0.3 is 0 Å². The van der Waals surface area contributed by atoms with Gasteiger partial charge in [-0.2, -0.15) is 0 Å². The summed E-state index contributed by atoms with van der Waals surface area (Å²) >= 11 is 0. The van der Waals surface area contributed by atoms with Gasteiger partial charge in [-0.25, -0.2) is 0 Å². The molecule has 1 fully saturated rings. The Labute approximate surface area is 103 Å². The third-order valence-electron chi connectivity index (χ3n) is 3.67. The zero-order valence-electron chi connectivity index (χ0n) is 10.2. The number of nitrogens with zero attached hydrogens (tertiary/aromatic N) is 1. The molecule has 0 unspecified atom stereocenters. The van der Waals surface area contributed by atoms with Gasteiger partial charge in [-0.15, -0.1) is 0 Å². The molecule has 2 aliphatic heterocycles. The number of fused-ring (bicyclic) bond motifs is 1. The van der Waals surface area contributed by atoms with Gasteiger partial charge in [-0.1, -0.05) is 18.2 Å². The van der Waals surface area contributed by atoms with E-state index in [9.17, 15) is 0 Å². The van der Waals surface area contributed by atoms with Crippen LogP contribution in [-0.2, 0) is 6.54 Å². The Balaban J connectivity index is 1.67. The summed E-state index contributed by atoms with van der Waals surface area (Å²) in [5.74, 6) is 1.06. The van der Waals surface area contributed by atoms with E-state index in [1.54, 1.807) is 0 Å². The summed E-state index contributed by atoms with van der Waals surface area (Å²) in [6, 6.07) is 9.08. The van der Waals surface area contributed by atoms with Gasteiger partial charge in [0.25, 0.3) is 0 Å². The lowest BCUT2D eigenvalue weighted by molar-refractivity contribution is 0.211. The van der Waals surface area contributed by atoms with Crippen LogP contribution in [0, 0.1) is 0 Å². The van der Waals surface area contributed by atoms with E-state index in [1.165, 1.54) is 24.9 Å². The lowest BCUT2D eigenvalue weighted by Gasteiger charge is -2.23. The molecule has 92 valence electrons. The van der Waals surface area contributed by atoms with Crippen LogP contribution in [0.15, 0.2) is 24.3 Å². The first-order chi connectivity index (χ1) is 8.42. The predicted molar refractivity (Wildman–Crippen MR) is 68.2 cm³/mol. The maximum absolute atomic E-state index is 5.78. The van der Waals surface area contributed by atoms with Gasteiger partial charge in [0.2, 0.25) is 0 Å². The minimum Gasteiger partial charge on any atom is -0.492 e. The lowest BCUT2D eigenvalue weighted by atomic mass is 10.1. The maximum Gasteiger partial charge on any atom is 0.123 e. The molecule has 3 nitrogen and oxygen atoms in total. The highest BCUT2D eigenvalue weighted by atomic mass is 16.5. The second kappa shape index (κ2) is 5.07. The summed E-state index contributed by atoms with van der Waals surface area (Å²) in [7, 11) is 0. The van der Waals surface area contributed by atoms with E-state index < -0.39 is 0 Å². The van der Waals surface area contributed by atoms with Gasteiger partial charge in [-0.3, -0.25) is 4.90 Å². The Bertz CT molecular complexity index is 374. The van der Waals surface area contributed by atoms with Crippen LogP contribution in [0.5, 0.6) is 5.75 Å². The molecule has 1 N–H and O–H groups in total. The van der Waals surface area contributed by atoms with E-state index in [0.717, 1.165) is 32.0 Å². The molecular formula is C14H20N2O. The molecule has 2 heterocycles. The van der Waals surface area contributed by atoms with Crippen LogP contribution in [0.4, 0.5) is 0 Å². The summed E-state index contributed by atoms with van der Waals surface area (Å²) in [6.07, 6.45) is 2.64. The van der Waals surface area contributed by atoms with Crippen LogP contribution in [0.2, 0.25) is 0 Å². The number of para-hydroxylation sites is 1. The van der Waals surface area contributed by atoms with E-state index in [1.807, 2.05) is 6.07 Å². The van der Waals surface area contributed by atoms with Crippen molar-refractivity contribution in [3.8, 4) is 5.75 Å². The van der Waals surface area contributed by atoms with E-state index in [2.05, 4.69) is 28.4 Å². The molecule has 3 rings (SSSR count). The highest BCUT2D eigenvalue weighted by molar-refractivity contribution is 5.33. The minimum absolute atomic E-state index is 0.681. The fourth-order valence-electron chi connectivity index (χ4n) is 2.76. The molecule has 1 aromatic carbocycles. The number of ether oxygens (including phenoxy) is 1. The molecule has 0 saturated carbocycles. The van der Waals surface area contributed by atoms with E-state index >= 15 is 0 Å². The van der Waals surface area contributed by atoms with Crippen molar-refractivity contribution in [2.45, 2.75) is 25.4 Å². The van der Waals surface area contributed by atoms with Crippen molar-refractivity contribution in [1.29, 1.82) is 0 Å².